The molecular formula is C10H9BrF2O. The van der Waals surface area contributed by atoms with Gasteiger partial charge in [-0.05, 0) is 5.56 Å². The molecule has 0 saturated heterocycles. The van der Waals surface area contributed by atoms with E-state index >= 15 is 0 Å². The van der Waals surface area contributed by atoms with Crippen LogP contribution in [0.1, 0.15) is 17.6 Å². The minimum absolute atomic E-state index is 0.0139. The number of hydrogen-bond donors (Lipinski definition) is 0. The number of halogens is 3. The average Bonchev–Trinajstić information content (AvgIpc) is 2.18. The highest BCUT2D eigenvalue weighted by Gasteiger charge is 2.07. The van der Waals surface area contributed by atoms with Crippen LogP contribution in [0.5, 0.6) is 0 Å². The Morgan fingerprint density at radius 3 is 2.29 bits per heavy atom. The molecule has 0 heterocycles. The molecule has 0 amide bonds. The van der Waals surface area contributed by atoms with Crippen LogP contribution in [0.3, 0.4) is 0 Å². The predicted octanol–water partition coefficient (Wildman–Crippen LogP) is 3.13. The summed E-state index contributed by atoms with van der Waals surface area (Å²) in [7, 11) is 0. The van der Waals surface area contributed by atoms with Crippen LogP contribution in [0.15, 0.2) is 24.3 Å². The molecule has 0 atom stereocenters. The van der Waals surface area contributed by atoms with Gasteiger partial charge in [0.2, 0.25) is 0 Å². The van der Waals surface area contributed by atoms with Crippen molar-refractivity contribution in [3.05, 3.63) is 35.4 Å². The number of benzene rings is 1. The van der Waals surface area contributed by atoms with Crippen LogP contribution in [0.2, 0.25) is 0 Å². The maximum Gasteiger partial charge on any atom is 0.263 e. The van der Waals surface area contributed by atoms with Crippen molar-refractivity contribution in [2.24, 2.45) is 0 Å². The first-order valence-corrected chi connectivity index (χ1v) is 5.20. The maximum absolute atomic E-state index is 12.2. The standard InChI is InChI=1S/C10H9BrF2O/c11-6-9(14)5-7-1-3-8(4-2-7)10(12)13/h1-4,10H,5-6H2. The zero-order valence-corrected chi connectivity index (χ0v) is 8.93. The Bertz CT molecular complexity index is 308. The maximum atomic E-state index is 12.2. The van der Waals surface area contributed by atoms with Crippen LogP contribution >= 0.6 is 15.9 Å². The summed E-state index contributed by atoms with van der Waals surface area (Å²) in [6.45, 7) is 0. The van der Waals surface area contributed by atoms with E-state index in [9.17, 15) is 13.6 Å². The third kappa shape index (κ3) is 3.18. The summed E-state index contributed by atoms with van der Waals surface area (Å²) in [4.78, 5) is 11.0. The summed E-state index contributed by atoms with van der Waals surface area (Å²) in [6, 6.07) is 5.81. The topological polar surface area (TPSA) is 17.1 Å². The molecule has 1 aromatic carbocycles. The Kier molecular flexibility index (Phi) is 4.20. The molecule has 0 spiro atoms. The number of carbonyl (C=O) groups is 1. The molecule has 1 aromatic rings. The Morgan fingerprint density at radius 1 is 1.29 bits per heavy atom. The number of hydrogen-bond acceptors (Lipinski definition) is 1. The second-order valence-corrected chi connectivity index (χ2v) is 3.45. The zero-order valence-electron chi connectivity index (χ0n) is 7.34. The van der Waals surface area contributed by atoms with Gasteiger partial charge in [-0.25, -0.2) is 8.78 Å². The summed E-state index contributed by atoms with van der Waals surface area (Å²) in [6.07, 6.45) is -2.16. The van der Waals surface area contributed by atoms with Crippen molar-refractivity contribution < 1.29 is 13.6 Å². The lowest BCUT2D eigenvalue weighted by Gasteiger charge is -2.01. The Morgan fingerprint density at radius 2 is 1.86 bits per heavy atom. The number of rotatable bonds is 4. The summed E-state index contributed by atoms with van der Waals surface area (Å²) in [5, 5.41) is 0.295. The fourth-order valence-corrected chi connectivity index (χ4v) is 1.25. The molecule has 14 heavy (non-hydrogen) atoms. The second-order valence-electron chi connectivity index (χ2n) is 2.89. The third-order valence-electron chi connectivity index (χ3n) is 1.78. The van der Waals surface area contributed by atoms with E-state index < -0.39 is 6.43 Å². The molecule has 0 unspecified atom stereocenters. The van der Waals surface area contributed by atoms with Crippen molar-refractivity contribution in [2.75, 3.05) is 5.33 Å². The van der Waals surface area contributed by atoms with Crippen LogP contribution in [-0.2, 0) is 11.2 Å². The molecule has 0 bridgehead atoms. The SMILES string of the molecule is O=C(CBr)Cc1ccc(C(F)F)cc1. The summed E-state index contributed by atoms with van der Waals surface area (Å²) >= 11 is 3.04. The molecule has 0 aliphatic carbocycles. The van der Waals surface area contributed by atoms with Crippen molar-refractivity contribution in [3.63, 3.8) is 0 Å². The van der Waals surface area contributed by atoms with Crippen molar-refractivity contribution in [1.82, 2.24) is 0 Å². The largest absolute Gasteiger partial charge is 0.298 e. The number of ketones is 1. The molecule has 0 saturated carbocycles. The van der Waals surface area contributed by atoms with E-state index in [0.717, 1.165) is 5.56 Å². The van der Waals surface area contributed by atoms with Gasteiger partial charge in [-0.1, -0.05) is 40.2 Å². The average molecular weight is 263 g/mol. The highest BCUT2D eigenvalue weighted by atomic mass is 79.9. The van der Waals surface area contributed by atoms with E-state index in [1.54, 1.807) is 12.1 Å². The van der Waals surface area contributed by atoms with Gasteiger partial charge < -0.3 is 0 Å². The molecule has 0 radical (unpaired) electrons. The van der Waals surface area contributed by atoms with Gasteiger partial charge in [0.15, 0.2) is 0 Å². The molecular weight excluding hydrogens is 254 g/mol. The Hall–Kier alpha value is -0.770. The molecule has 1 nitrogen and oxygen atoms in total. The van der Waals surface area contributed by atoms with Gasteiger partial charge in [0.25, 0.3) is 6.43 Å². The van der Waals surface area contributed by atoms with Gasteiger partial charge in [0.1, 0.15) is 5.78 Å². The van der Waals surface area contributed by atoms with Gasteiger partial charge >= 0.3 is 0 Å². The van der Waals surface area contributed by atoms with E-state index in [1.165, 1.54) is 12.1 Å². The fourth-order valence-electron chi connectivity index (χ4n) is 1.06. The minimum atomic E-state index is -2.45. The van der Waals surface area contributed by atoms with Crippen molar-refractivity contribution in [2.45, 2.75) is 12.8 Å². The lowest BCUT2D eigenvalue weighted by molar-refractivity contribution is -0.115. The minimum Gasteiger partial charge on any atom is -0.298 e. The molecule has 0 aliphatic heterocycles. The van der Waals surface area contributed by atoms with Crippen LogP contribution in [0.25, 0.3) is 0 Å². The summed E-state index contributed by atoms with van der Waals surface area (Å²) in [5.41, 5.74) is 0.749. The molecule has 0 N–H and O–H groups in total. The molecule has 0 aliphatic rings. The normalized spacial score (nSPS) is 10.6. The zero-order chi connectivity index (χ0) is 10.6. The molecule has 4 heteroatoms. The highest BCUT2D eigenvalue weighted by molar-refractivity contribution is 9.09. The predicted molar refractivity (Wildman–Crippen MR) is 53.9 cm³/mol. The van der Waals surface area contributed by atoms with Gasteiger partial charge in [-0.2, -0.15) is 0 Å². The van der Waals surface area contributed by atoms with Crippen LogP contribution in [-0.4, -0.2) is 11.1 Å². The lowest BCUT2D eigenvalue weighted by atomic mass is 10.1. The van der Waals surface area contributed by atoms with Crippen molar-refractivity contribution in [1.29, 1.82) is 0 Å². The Labute approximate surface area is 89.3 Å². The molecule has 0 fully saturated rings. The quantitative estimate of drug-likeness (QED) is 0.763. The van der Waals surface area contributed by atoms with Crippen LogP contribution in [0, 0.1) is 0 Å². The van der Waals surface area contributed by atoms with E-state index in [4.69, 9.17) is 0 Å². The fraction of sp³-hybridized carbons (Fsp3) is 0.300. The van der Waals surface area contributed by atoms with Crippen molar-refractivity contribution in [3.8, 4) is 0 Å². The third-order valence-corrected chi connectivity index (χ3v) is 2.41. The number of carbonyl (C=O) groups excluding carboxylic acids is 1. The van der Waals surface area contributed by atoms with Crippen molar-refractivity contribution >= 4 is 21.7 Å². The van der Waals surface area contributed by atoms with Gasteiger partial charge in [-0.15, -0.1) is 0 Å². The number of alkyl halides is 3. The Balaban J connectivity index is 2.69. The molecule has 0 aromatic heterocycles. The van der Waals surface area contributed by atoms with Crippen LogP contribution in [0.4, 0.5) is 8.78 Å². The van der Waals surface area contributed by atoms with E-state index in [2.05, 4.69) is 15.9 Å². The van der Waals surface area contributed by atoms with Gasteiger partial charge in [0, 0.05) is 12.0 Å². The monoisotopic (exact) mass is 262 g/mol. The number of Topliss-reactive ketones (excluding diaryl/α,β-unsaturated/α-hetero) is 1. The molecule has 76 valence electrons. The summed E-state index contributed by atoms with van der Waals surface area (Å²) in [5.74, 6) is 0.0368. The smallest absolute Gasteiger partial charge is 0.263 e. The second kappa shape index (κ2) is 5.20. The first-order chi connectivity index (χ1) is 6.63. The van der Waals surface area contributed by atoms with E-state index in [-0.39, 0.29) is 17.8 Å². The molecule has 1 rings (SSSR count). The van der Waals surface area contributed by atoms with E-state index in [1.807, 2.05) is 0 Å². The highest BCUT2D eigenvalue weighted by Crippen LogP contribution is 2.18. The first-order valence-electron chi connectivity index (χ1n) is 4.08. The van der Waals surface area contributed by atoms with E-state index in [0.29, 0.717) is 5.33 Å². The van der Waals surface area contributed by atoms with Crippen LogP contribution < -0.4 is 0 Å². The summed E-state index contributed by atoms with van der Waals surface area (Å²) < 4.78 is 24.3. The first kappa shape index (κ1) is 11.3. The van der Waals surface area contributed by atoms with Gasteiger partial charge in [0.05, 0.1) is 5.33 Å². The lowest BCUT2D eigenvalue weighted by Crippen LogP contribution is -2.03. The van der Waals surface area contributed by atoms with Gasteiger partial charge in [-0.3, -0.25) is 4.79 Å².